The molecule has 0 radical (unpaired) electrons. The summed E-state index contributed by atoms with van der Waals surface area (Å²) in [5, 5.41) is 7.85. The quantitative estimate of drug-likeness (QED) is 0.835. The zero-order chi connectivity index (χ0) is 12.4. The van der Waals surface area contributed by atoms with E-state index in [1.807, 2.05) is 11.7 Å². The lowest BCUT2D eigenvalue weighted by atomic mass is 10.1. The van der Waals surface area contributed by atoms with Crippen LogP contribution in [0.5, 0.6) is 0 Å². The van der Waals surface area contributed by atoms with Crippen LogP contribution in [0.4, 0.5) is 11.5 Å². The van der Waals surface area contributed by atoms with Crippen LogP contribution >= 0.6 is 0 Å². The fourth-order valence-electron chi connectivity index (χ4n) is 2.18. The van der Waals surface area contributed by atoms with E-state index >= 15 is 0 Å². The molecule has 0 saturated carbocycles. The Morgan fingerprint density at radius 2 is 2.35 bits per heavy atom. The first-order chi connectivity index (χ1) is 8.09. The van der Waals surface area contributed by atoms with Gasteiger partial charge in [0, 0.05) is 26.1 Å². The lowest BCUT2D eigenvalue weighted by Crippen LogP contribution is -2.16. The van der Waals surface area contributed by atoms with Crippen molar-refractivity contribution in [3.8, 4) is 0 Å². The predicted octanol–water partition coefficient (Wildman–Crippen LogP) is 1.57. The second-order valence-electron chi connectivity index (χ2n) is 5.04. The summed E-state index contributed by atoms with van der Waals surface area (Å²) >= 11 is 0. The second-order valence-corrected chi connectivity index (χ2v) is 5.04. The Bertz CT molecular complexity index is 380. The van der Waals surface area contributed by atoms with Crippen LogP contribution in [0.25, 0.3) is 0 Å². The third kappa shape index (κ3) is 2.54. The zero-order valence-corrected chi connectivity index (χ0v) is 10.9. The van der Waals surface area contributed by atoms with E-state index in [9.17, 15) is 0 Å². The monoisotopic (exact) mass is 238 g/mol. The van der Waals surface area contributed by atoms with Crippen molar-refractivity contribution in [2.45, 2.75) is 26.2 Å². The van der Waals surface area contributed by atoms with E-state index in [1.54, 1.807) is 0 Å². The molecule has 5 nitrogen and oxygen atoms in total. The molecular weight excluding hydrogens is 216 g/mol. The summed E-state index contributed by atoms with van der Waals surface area (Å²) in [6.07, 6.45) is 1.13. The summed E-state index contributed by atoms with van der Waals surface area (Å²) in [5.74, 6) is 1.87. The molecule has 1 aromatic rings. The van der Waals surface area contributed by atoms with Gasteiger partial charge in [0.15, 0.2) is 0 Å². The first kappa shape index (κ1) is 12.2. The van der Waals surface area contributed by atoms with Gasteiger partial charge in [0.05, 0.1) is 18.0 Å². The molecule has 0 bridgehead atoms. The number of hydrogen-bond acceptors (Lipinski definition) is 4. The lowest BCUT2D eigenvalue weighted by Gasteiger charge is -2.11. The highest BCUT2D eigenvalue weighted by molar-refractivity contribution is 5.65. The fourth-order valence-corrected chi connectivity index (χ4v) is 2.18. The molecule has 2 heterocycles. The average Bonchev–Trinajstić information content (AvgIpc) is 2.86. The number of ether oxygens (including phenoxy) is 1. The number of aryl methyl sites for hydroxylation is 1. The summed E-state index contributed by atoms with van der Waals surface area (Å²) < 4.78 is 7.19. The number of nitrogens with zero attached hydrogens (tertiary/aromatic N) is 2. The Balaban J connectivity index is 2.04. The van der Waals surface area contributed by atoms with E-state index in [0.29, 0.717) is 11.8 Å². The minimum absolute atomic E-state index is 0.353. The summed E-state index contributed by atoms with van der Waals surface area (Å²) in [7, 11) is 1.93. The molecule has 0 aromatic carbocycles. The molecule has 5 heteroatoms. The number of aromatic nitrogens is 2. The minimum atomic E-state index is 0.353. The van der Waals surface area contributed by atoms with E-state index in [-0.39, 0.29) is 0 Å². The molecule has 0 amide bonds. The van der Waals surface area contributed by atoms with Gasteiger partial charge in [0.1, 0.15) is 5.82 Å². The third-order valence-corrected chi connectivity index (χ3v) is 3.24. The molecule has 1 aliphatic heterocycles. The molecule has 1 unspecified atom stereocenters. The van der Waals surface area contributed by atoms with Crippen LogP contribution in [-0.2, 0) is 11.8 Å². The van der Waals surface area contributed by atoms with Gasteiger partial charge in [-0.25, -0.2) is 0 Å². The molecule has 2 rings (SSSR count). The van der Waals surface area contributed by atoms with Gasteiger partial charge in [0.2, 0.25) is 0 Å². The molecule has 0 spiro atoms. The van der Waals surface area contributed by atoms with Crippen LogP contribution in [-0.4, -0.2) is 29.5 Å². The molecule has 3 N–H and O–H groups in total. The van der Waals surface area contributed by atoms with Crippen molar-refractivity contribution in [1.82, 2.24) is 9.78 Å². The summed E-state index contributed by atoms with van der Waals surface area (Å²) in [6.45, 7) is 6.84. The fraction of sp³-hybridized carbons (Fsp3) is 0.750. The zero-order valence-electron chi connectivity index (χ0n) is 10.9. The largest absolute Gasteiger partial charge is 0.394 e. The van der Waals surface area contributed by atoms with Crippen LogP contribution in [0.1, 0.15) is 31.9 Å². The lowest BCUT2D eigenvalue weighted by molar-refractivity contribution is 0.187. The molecule has 1 fully saturated rings. The highest BCUT2D eigenvalue weighted by atomic mass is 16.5. The standard InChI is InChI=1S/C12H22N4O/c1-8(2)11-10(13)12(16(3)15-11)14-6-9-4-5-17-7-9/h8-9,14H,4-7,13H2,1-3H3. The maximum atomic E-state index is 6.11. The molecule has 1 aliphatic rings. The van der Waals surface area contributed by atoms with Gasteiger partial charge < -0.3 is 15.8 Å². The van der Waals surface area contributed by atoms with Crippen molar-refractivity contribution in [2.24, 2.45) is 13.0 Å². The normalized spacial score (nSPS) is 20.1. The van der Waals surface area contributed by atoms with Crippen LogP contribution in [0, 0.1) is 5.92 Å². The third-order valence-electron chi connectivity index (χ3n) is 3.24. The van der Waals surface area contributed by atoms with Crippen LogP contribution < -0.4 is 11.1 Å². The highest BCUT2D eigenvalue weighted by Crippen LogP contribution is 2.28. The number of hydrogen-bond donors (Lipinski definition) is 2. The number of nitrogen functional groups attached to an aromatic ring is 1. The van der Waals surface area contributed by atoms with Gasteiger partial charge >= 0.3 is 0 Å². The van der Waals surface area contributed by atoms with Crippen molar-refractivity contribution >= 4 is 11.5 Å². The topological polar surface area (TPSA) is 65.1 Å². The Morgan fingerprint density at radius 3 is 2.88 bits per heavy atom. The van der Waals surface area contributed by atoms with Gasteiger partial charge in [0.25, 0.3) is 0 Å². The van der Waals surface area contributed by atoms with E-state index in [1.165, 1.54) is 0 Å². The Morgan fingerprint density at radius 1 is 1.59 bits per heavy atom. The van der Waals surface area contributed by atoms with E-state index in [4.69, 9.17) is 10.5 Å². The minimum Gasteiger partial charge on any atom is -0.394 e. The Kier molecular flexibility index (Phi) is 3.57. The average molecular weight is 238 g/mol. The van der Waals surface area contributed by atoms with E-state index in [0.717, 1.165) is 43.4 Å². The maximum Gasteiger partial charge on any atom is 0.147 e. The first-order valence-electron chi connectivity index (χ1n) is 6.23. The summed E-state index contributed by atoms with van der Waals surface area (Å²) in [6, 6.07) is 0. The SMILES string of the molecule is CC(C)c1nn(C)c(NCC2CCOC2)c1N. The molecule has 96 valence electrons. The van der Waals surface area contributed by atoms with Crippen LogP contribution in [0.15, 0.2) is 0 Å². The number of nitrogens with two attached hydrogens (primary N) is 1. The van der Waals surface area contributed by atoms with Gasteiger partial charge in [-0.2, -0.15) is 5.10 Å². The first-order valence-corrected chi connectivity index (χ1v) is 6.23. The van der Waals surface area contributed by atoms with Crippen LogP contribution in [0.2, 0.25) is 0 Å². The van der Waals surface area contributed by atoms with Crippen molar-refractivity contribution in [2.75, 3.05) is 30.8 Å². The number of nitrogens with one attached hydrogen (secondary N) is 1. The number of rotatable bonds is 4. The predicted molar refractivity (Wildman–Crippen MR) is 69.1 cm³/mol. The molecule has 0 aliphatic carbocycles. The van der Waals surface area contributed by atoms with Crippen molar-refractivity contribution < 1.29 is 4.74 Å². The van der Waals surface area contributed by atoms with Gasteiger partial charge in [-0.05, 0) is 12.3 Å². The van der Waals surface area contributed by atoms with Crippen LogP contribution in [0.3, 0.4) is 0 Å². The van der Waals surface area contributed by atoms with Crippen molar-refractivity contribution in [1.29, 1.82) is 0 Å². The molecular formula is C12H22N4O. The second kappa shape index (κ2) is 4.96. The molecule has 17 heavy (non-hydrogen) atoms. The summed E-state index contributed by atoms with van der Waals surface area (Å²) in [4.78, 5) is 0. The molecule has 1 saturated heterocycles. The van der Waals surface area contributed by atoms with Crippen molar-refractivity contribution in [3.63, 3.8) is 0 Å². The van der Waals surface area contributed by atoms with E-state index in [2.05, 4.69) is 24.3 Å². The molecule has 1 atom stereocenters. The Hall–Kier alpha value is -1.23. The highest BCUT2D eigenvalue weighted by Gasteiger charge is 2.19. The maximum absolute atomic E-state index is 6.11. The van der Waals surface area contributed by atoms with Crippen molar-refractivity contribution in [3.05, 3.63) is 5.69 Å². The smallest absolute Gasteiger partial charge is 0.147 e. The Labute approximate surface area is 102 Å². The van der Waals surface area contributed by atoms with Gasteiger partial charge in [-0.15, -0.1) is 0 Å². The number of anilines is 2. The molecule has 1 aromatic heterocycles. The van der Waals surface area contributed by atoms with Gasteiger partial charge in [-0.1, -0.05) is 13.8 Å². The van der Waals surface area contributed by atoms with E-state index < -0.39 is 0 Å². The summed E-state index contributed by atoms with van der Waals surface area (Å²) in [5.41, 5.74) is 7.86. The van der Waals surface area contributed by atoms with Gasteiger partial charge in [-0.3, -0.25) is 4.68 Å².